The Hall–Kier alpha value is -1.66. The Balaban J connectivity index is 3.28. The standard InChI is InChI=1S/C9H14N4O/c1-2-3-4-5-6-9(14)11-7-8-12-13-10/h1H,3-8H2,(H,11,14). The van der Waals surface area contributed by atoms with Gasteiger partial charge in [0.15, 0.2) is 0 Å². The van der Waals surface area contributed by atoms with Crippen LogP contribution in [0.3, 0.4) is 0 Å². The summed E-state index contributed by atoms with van der Waals surface area (Å²) < 4.78 is 0. The molecule has 0 bridgehead atoms. The molecule has 0 unspecified atom stereocenters. The molecule has 0 heterocycles. The van der Waals surface area contributed by atoms with Gasteiger partial charge < -0.3 is 5.32 Å². The van der Waals surface area contributed by atoms with Crippen molar-refractivity contribution in [3.05, 3.63) is 10.4 Å². The van der Waals surface area contributed by atoms with E-state index >= 15 is 0 Å². The van der Waals surface area contributed by atoms with Crippen molar-refractivity contribution in [3.8, 4) is 12.3 Å². The molecular formula is C9H14N4O. The maximum atomic E-state index is 11.1. The predicted octanol–water partition coefficient (Wildman–Crippen LogP) is 1.61. The summed E-state index contributed by atoms with van der Waals surface area (Å²) in [6.07, 6.45) is 7.94. The van der Waals surface area contributed by atoms with Crippen LogP contribution in [0.1, 0.15) is 25.7 Å². The zero-order valence-corrected chi connectivity index (χ0v) is 8.07. The number of nitrogens with one attached hydrogen (secondary N) is 1. The minimum Gasteiger partial charge on any atom is -0.356 e. The summed E-state index contributed by atoms with van der Waals surface area (Å²) in [5.74, 6) is 2.50. The van der Waals surface area contributed by atoms with Crippen LogP contribution >= 0.6 is 0 Å². The van der Waals surface area contributed by atoms with Gasteiger partial charge in [0.2, 0.25) is 5.91 Å². The van der Waals surface area contributed by atoms with Gasteiger partial charge in [-0.1, -0.05) is 5.11 Å². The van der Waals surface area contributed by atoms with Crippen LogP contribution in [0.4, 0.5) is 0 Å². The highest BCUT2D eigenvalue weighted by Gasteiger charge is 1.98. The van der Waals surface area contributed by atoms with Crippen molar-refractivity contribution in [2.24, 2.45) is 5.11 Å². The van der Waals surface area contributed by atoms with Crippen LogP contribution in [0.15, 0.2) is 5.11 Å². The zero-order chi connectivity index (χ0) is 10.6. The maximum absolute atomic E-state index is 11.1. The smallest absolute Gasteiger partial charge is 0.219 e. The van der Waals surface area contributed by atoms with Gasteiger partial charge in [-0.25, -0.2) is 0 Å². The van der Waals surface area contributed by atoms with Crippen LogP contribution in [0.25, 0.3) is 10.4 Å². The lowest BCUT2D eigenvalue weighted by atomic mass is 10.2. The first-order valence-electron chi connectivity index (χ1n) is 4.52. The van der Waals surface area contributed by atoms with Gasteiger partial charge in [-0.2, -0.15) is 0 Å². The molecule has 0 aliphatic rings. The van der Waals surface area contributed by atoms with Crippen molar-refractivity contribution in [1.29, 1.82) is 0 Å². The molecule has 76 valence electrons. The molecule has 0 rings (SSSR count). The first-order valence-corrected chi connectivity index (χ1v) is 4.52. The Morgan fingerprint density at radius 2 is 2.36 bits per heavy atom. The van der Waals surface area contributed by atoms with Crippen molar-refractivity contribution in [2.45, 2.75) is 25.7 Å². The molecule has 0 fully saturated rings. The van der Waals surface area contributed by atoms with Gasteiger partial charge in [-0.15, -0.1) is 12.3 Å². The van der Waals surface area contributed by atoms with E-state index in [9.17, 15) is 4.79 Å². The van der Waals surface area contributed by atoms with Gasteiger partial charge in [0.25, 0.3) is 0 Å². The summed E-state index contributed by atoms with van der Waals surface area (Å²) in [5.41, 5.74) is 7.96. The molecule has 0 aliphatic heterocycles. The van der Waals surface area contributed by atoms with E-state index in [1.165, 1.54) is 0 Å². The first kappa shape index (κ1) is 12.3. The number of amides is 1. The molecule has 1 amide bonds. The maximum Gasteiger partial charge on any atom is 0.219 e. The largest absolute Gasteiger partial charge is 0.356 e. The van der Waals surface area contributed by atoms with Crippen molar-refractivity contribution in [1.82, 2.24) is 5.32 Å². The molecule has 0 aromatic carbocycles. The van der Waals surface area contributed by atoms with Gasteiger partial charge in [0.05, 0.1) is 0 Å². The number of hydrogen-bond acceptors (Lipinski definition) is 2. The second-order valence-corrected chi connectivity index (χ2v) is 2.72. The number of unbranched alkanes of at least 4 members (excludes halogenated alkanes) is 2. The third kappa shape index (κ3) is 8.44. The van der Waals surface area contributed by atoms with E-state index < -0.39 is 0 Å². The minimum atomic E-state index is -0.0184. The molecule has 0 radical (unpaired) electrons. The number of terminal acetylenes is 1. The number of nitrogens with zero attached hydrogens (tertiary/aromatic N) is 3. The summed E-state index contributed by atoms with van der Waals surface area (Å²) in [6.45, 7) is 0.699. The van der Waals surface area contributed by atoms with Gasteiger partial charge in [-0.3, -0.25) is 4.79 Å². The summed E-state index contributed by atoms with van der Waals surface area (Å²) in [6, 6.07) is 0. The van der Waals surface area contributed by atoms with Crippen LogP contribution in [-0.2, 0) is 4.79 Å². The molecule has 0 spiro atoms. The molecule has 1 N–H and O–H groups in total. The van der Waals surface area contributed by atoms with Crippen LogP contribution < -0.4 is 5.32 Å². The topological polar surface area (TPSA) is 77.9 Å². The van der Waals surface area contributed by atoms with E-state index in [0.717, 1.165) is 12.8 Å². The van der Waals surface area contributed by atoms with E-state index in [-0.39, 0.29) is 5.91 Å². The van der Waals surface area contributed by atoms with E-state index in [0.29, 0.717) is 25.9 Å². The zero-order valence-electron chi connectivity index (χ0n) is 8.07. The van der Waals surface area contributed by atoms with Crippen molar-refractivity contribution in [2.75, 3.05) is 13.1 Å². The molecule has 0 aromatic heterocycles. The average Bonchev–Trinajstić information content (AvgIpc) is 2.19. The molecule has 0 saturated carbocycles. The van der Waals surface area contributed by atoms with Crippen LogP contribution in [0.2, 0.25) is 0 Å². The lowest BCUT2D eigenvalue weighted by Gasteiger charge is -2.01. The minimum absolute atomic E-state index is 0.0184. The second-order valence-electron chi connectivity index (χ2n) is 2.72. The molecule has 5 heteroatoms. The molecule has 0 saturated heterocycles. The highest BCUT2D eigenvalue weighted by molar-refractivity contribution is 5.75. The summed E-state index contributed by atoms with van der Waals surface area (Å²) in [5, 5.41) is 5.93. The fraction of sp³-hybridized carbons (Fsp3) is 0.667. The van der Waals surface area contributed by atoms with Crippen LogP contribution in [-0.4, -0.2) is 19.0 Å². The summed E-state index contributed by atoms with van der Waals surface area (Å²) in [7, 11) is 0. The van der Waals surface area contributed by atoms with Crippen LogP contribution in [0, 0.1) is 12.3 Å². The third-order valence-electron chi connectivity index (χ3n) is 1.57. The Morgan fingerprint density at radius 3 is 3.00 bits per heavy atom. The van der Waals surface area contributed by atoms with Gasteiger partial charge in [0, 0.05) is 30.8 Å². The normalized spacial score (nSPS) is 8.50. The van der Waals surface area contributed by atoms with Gasteiger partial charge in [-0.05, 0) is 18.4 Å². The highest BCUT2D eigenvalue weighted by Crippen LogP contribution is 1.97. The van der Waals surface area contributed by atoms with E-state index in [1.54, 1.807) is 0 Å². The number of carbonyl (C=O) groups excluding carboxylic acids is 1. The lowest BCUT2D eigenvalue weighted by Crippen LogP contribution is -2.25. The quantitative estimate of drug-likeness (QED) is 0.216. The lowest BCUT2D eigenvalue weighted by molar-refractivity contribution is -0.121. The SMILES string of the molecule is C#CCCCCC(=O)NCCN=[N+]=[N-]. The van der Waals surface area contributed by atoms with Gasteiger partial charge >= 0.3 is 0 Å². The first-order chi connectivity index (χ1) is 6.81. The fourth-order valence-electron chi connectivity index (χ4n) is 0.891. The molecule has 0 aromatic rings. The van der Waals surface area contributed by atoms with E-state index in [2.05, 4.69) is 21.3 Å². The highest BCUT2D eigenvalue weighted by atomic mass is 16.1. The number of azide groups is 1. The Labute approximate surface area is 83.5 Å². The van der Waals surface area contributed by atoms with Crippen molar-refractivity contribution < 1.29 is 4.79 Å². The summed E-state index contributed by atoms with van der Waals surface area (Å²) in [4.78, 5) is 13.6. The molecule has 0 aliphatic carbocycles. The van der Waals surface area contributed by atoms with Crippen LogP contribution in [0.5, 0.6) is 0 Å². The molecule has 0 atom stereocenters. The number of carbonyl (C=O) groups is 1. The van der Waals surface area contributed by atoms with Crippen molar-refractivity contribution in [3.63, 3.8) is 0 Å². The third-order valence-corrected chi connectivity index (χ3v) is 1.57. The Kier molecular flexibility index (Phi) is 8.31. The molecule has 14 heavy (non-hydrogen) atoms. The number of hydrogen-bond donors (Lipinski definition) is 1. The molecular weight excluding hydrogens is 180 g/mol. The predicted molar refractivity (Wildman–Crippen MR) is 54.3 cm³/mol. The molecule has 5 nitrogen and oxygen atoms in total. The second kappa shape index (κ2) is 9.43. The Morgan fingerprint density at radius 1 is 1.57 bits per heavy atom. The van der Waals surface area contributed by atoms with E-state index in [1.807, 2.05) is 0 Å². The van der Waals surface area contributed by atoms with E-state index in [4.69, 9.17) is 12.0 Å². The number of rotatable bonds is 7. The average molecular weight is 194 g/mol. The Bertz CT molecular complexity index is 250. The monoisotopic (exact) mass is 194 g/mol. The fourth-order valence-corrected chi connectivity index (χ4v) is 0.891. The van der Waals surface area contributed by atoms with Gasteiger partial charge in [0.1, 0.15) is 0 Å². The van der Waals surface area contributed by atoms with Crippen molar-refractivity contribution >= 4 is 5.91 Å². The summed E-state index contributed by atoms with van der Waals surface area (Å²) >= 11 is 0.